The van der Waals surface area contributed by atoms with E-state index < -0.39 is 0 Å². The molecule has 0 saturated carbocycles. The van der Waals surface area contributed by atoms with E-state index in [0.717, 1.165) is 25.6 Å². The molecule has 28 heavy (non-hydrogen) atoms. The van der Waals surface area contributed by atoms with Crippen LogP contribution < -0.4 is 0 Å². The van der Waals surface area contributed by atoms with Crippen LogP contribution in [0, 0.1) is 0 Å². The topological polar surface area (TPSA) is 38.7 Å². The van der Waals surface area contributed by atoms with Crippen LogP contribution in [-0.2, 0) is 0 Å². The first kappa shape index (κ1) is 22.2. The minimum Gasteiger partial charge on any atom is -0.208 e. The van der Waals surface area contributed by atoms with Gasteiger partial charge in [0.1, 0.15) is 0 Å². The predicted molar refractivity (Wildman–Crippen MR) is 126 cm³/mol. The van der Waals surface area contributed by atoms with E-state index in [1.807, 2.05) is 94.5 Å². The highest BCUT2D eigenvalue weighted by Crippen LogP contribution is 2.28. The average molecular weight is 501 g/mol. The van der Waals surface area contributed by atoms with Crippen molar-refractivity contribution in [3.8, 4) is 22.8 Å². The smallest absolute Gasteiger partial charge is 0.164 e. The zero-order chi connectivity index (χ0) is 20.5. The van der Waals surface area contributed by atoms with Gasteiger partial charge in [0.2, 0.25) is 0 Å². The summed E-state index contributed by atoms with van der Waals surface area (Å²) >= 11 is 7.07. The Morgan fingerprint density at radius 1 is 0.786 bits per heavy atom. The van der Waals surface area contributed by atoms with Gasteiger partial charge in [-0.3, -0.25) is 0 Å². The van der Waals surface area contributed by atoms with E-state index >= 15 is 0 Å². The molecule has 0 aliphatic carbocycles. The van der Waals surface area contributed by atoms with Crippen LogP contribution >= 0.6 is 31.9 Å². The first-order valence-electron chi connectivity index (χ1n) is 9.18. The summed E-state index contributed by atoms with van der Waals surface area (Å²) in [5, 5.41) is 0. The SMILES string of the molecule is C/C=C\C(=C/C)c1nc(-c2ccccc2)nc(-c2cc(Br)cc(Br)c2)n1.CC. The van der Waals surface area contributed by atoms with Crippen LogP contribution in [0.4, 0.5) is 0 Å². The number of nitrogens with zero attached hydrogens (tertiary/aromatic N) is 3. The minimum atomic E-state index is 0.639. The van der Waals surface area contributed by atoms with E-state index in [4.69, 9.17) is 15.0 Å². The molecule has 1 aromatic heterocycles. The number of aromatic nitrogens is 3. The van der Waals surface area contributed by atoms with Crippen molar-refractivity contribution < 1.29 is 0 Å². The Balaban J connectivity index is 0.00000136. The highest BCUT2D eigenvalue weighted by Gasteiger charge is 2.13. The highest BCUT2D eigenvalue weighted by atomic mass is 79.9. The number of benzene rings is 2. The summed E-state index contributed by atoms with van der Waals surface area (Å²) in [7, 11) is 0. The van der Waals surface area contributed by atoms with Gasteiger partial charge < -0.3 is 0 Å². The second-order valence-corrected chi connectivity index (χ2v) is 7.41. The lowest BCUT2D eigenvalue weighted by Gasteiger charge is -2.09. The number of halogens is 2. The third-order valence-corrected chi connectivity index (χ3v) is 4.62. The maximum Gasteiger partial charge on any atom is 0.164 e. The Kier molecular flexibility index (Phi) is 8.74. The Morgan fingerprint density at radius 3 is 1.89 bits per heavy atom. The van der Waals surface area contributed by atoms with Crippen molar-refractivity contribution in [2.24, 2.45) is 0 Å². The molecule has 0 fully saturated rings. The third-order valence-electron chi connectivity index (χ3n) is 3.70. The first-order chi connectivity index (χ1) is 13.6. The molecule has 3 aromatic rings. The number of rotatable bonds is 4. The summed E-state index contributed by atoms with van der Waals surface area (Å²) < 4.78 is 1.93. The number of allylic oxidation sites excluding steroid dienone is 4. The van der Waals surface area contributed by atoms with E-state index in [1.54, 1.807) is 0 Å². The Hall–Kier alpha value is -2.11. The standard InChI is InChI=1S/C21H17Br2N3.C2H6/c1-3-8-14(4-2)19-24-20(15-9-6-5-7-10-15)26-21(25-19)16-11-17(22)13-18(23)12-16;1-2/h3-13H,1-2H3;1-2H3/b8-3-,14-4+;. The van der Waals surface area contributed by atoms with Gasteiger partial charge in [0, 0.05) is 25.6 Å². The Morgan fingerprint density at radius 2 is 1.36 bits per heavy atom. The maximum atomic E-state index is 4.72. The van der Waals surface area contributed by atoms with Gasteiger partial charge in [-0.15, -0.1) is 0 Å². The molecule has 3 nitrogen and oxygen atoms in total. The maximum absolute atomic E-state index is 4.72. The normalized spacial score (nSPS) is 11.3. The molecular weight excluding hydrogens is 478 g/mol. The van der Waals surface area contributed by atoms with Crippen molar-refractivity contribution in [2.75, 3.05) is 0 Å². The molecule has 144 valence electrons. The second kappa shape index (κ2) is 11.0. The van der Waals surface area contributed by atoms with Crippen LogP contribution in [-0.4, -0.2) is 15.0 Å². The Bertz CT molecular complexity index is 960. The predicted octanol–water partition coefficient (Wildman–Crippen LogP) is 7.74. The summed E-state index contributed by atoms with van der Waals surface area (Å²) in [6, 6.07) is 16.0. The molecule has 0 amide bonds. The number of hydrogen-bond donors (Lipinski definition) is 0. The first-order valence-corrected chi connectivity index (χ1v) is 10.8. The molecular formula is C23H23Br2N3. The molecule has 0 atom stereocenters. The molecule has 1 heterocycles. The van der Waals surface area contributed by atoms with Crippen molar-refractivity contribution in [2.45, 2.75) is 27.7 Å². The van der Waals surface area contributed by atoms with Crippen LogP contribution in [0.2, 0.25) is 0 Å². The van der Waals surface area contributed by atoms with Crippen LogP contribution in [0.25, 0.3) is 28.3 Å². The van der Waals surface area contributed by atoms with Gasteiger partial charge in [0.25, 0.3) is 0 Å². The largest absolute Gasteiger partial charge is 0.208 e. The van der Waals surface area contributed by atoms with Gasteiger partial charge in [0.15, 0.2) is 17.5 Å². The van der Waals surface area contributed by atoms with Crippen LogP contribution in [0.1, 0.15) is 33.5 Å². The lowest BCUT2D eigenvalue weighted by atomic mass is 10.1. The van der Waals surface area contributed by atoms with E-state index in [-0.39, 0.29) is 0 Å². The highest BCUT2D eigenvalue weighted by molar-refractivity contribution is 9.11. The zero-order valence-electron chi connectivity index (χ0n) is 16.4. The van der Waals surface area contributed by atoms with Crippen molar-refractivity contribution in [1.29, 1.82) is 0 Å². The van der Waals surface area contributed by atoms with Gasteiger partial charge in [-0.25, -0.2) is 15.0 Å². The van der Waals surface area contributed by atoms with Gasteiger partial charge in [-0.1, -0.05) is 94.3 Å². The van der Waals surface area contributed by atoms with Crippen molar-refractivity contribution in [1.82, 2.24) is 15.0 Å². The lowest BCUT2D eigenvalue weighted by Crippen LogP contribution is -2.02. The van der Waals surface area contributed by atoms with E-state index in [0.29, 0.717) is 17.5 Å². The fraction of sp³-hybridized carbons (Fsp3) is 0.174. The zero-order valence-corrected chi connectivity index (χ0v) is 19.6. The van der Waals surface area contributed by atoms with Gasteiger partial charge >= 0.3 is 0 Å². The fourth-order valence-corrected chi connectivity index (χ4v) is 3.81. The molecule has 0 saturated heterocycles. The van der Waals surface area contributed by atoms with Crippen molar-refractivity contribution >= 4 is 37.4 Å². The fourth-order valence-electron chi connectivity index (χ4n) is 2.51. The summed E-state index contributed by atoms with van der Waals surface area (Å²) in [6.45, 7) is 7.96. The Labute approximate surface area is 183 Å². The van der Waals surface area contributed by atoms with Crippen LogP contribution in [0.5, 0.6) is 0 Å². The van der Waals surface area contributed by atoms with Crippen molar-refractivity contribution in [3.63, 3.8) is 0 Å². The molecule has 0 unspecified atom stereocenters. The molecule has 3 rings (SSSR count). The number of hydrogen-bond acceptors (Lipinski definition) is 3. The summed E-state index contributed by atoms with van der Waals surface area (Å²) in [5.74, 6) is 1.95. The molecule has 0 radical (unpaired) electrons. The summed E-state index contributed by atoms with van der Waals surface area (Å²) in [4.78, 5) is 14.1. The van der Waals surface area contributed by atoms with Crippen LogP contribution in [0.3, 0.4) is 0 Å². The molecule has 0 bridgehead atoms. The second-order valence-electron chi connectivity index (χ2n) is 5.57. The average Bonchev–Trinajstić information content (AvgIpc) is 2.73. The minimum absolute atomic E-state index is 0.639. The summed E-state index contributed by atoms with van der Waals surface area (Å²) in [5.41, 5.74) is 2.84. The van der Waals surface area contributed by atoms with Gasteiger partial charge in [-0.05, 0) is 32.0 Å². The molecule has 0 aliphatic heterocycles. The third kappa shape index (κ3) is 5.69. The molecule has 0 spiro atoms. The van der Waals surface area contributed by atoms with Gasteiger partial charge in [0.05, 0.1) is 0 Å². The van der Waals surface area contributed by atoms with Gasteiger partial charge in [-0.2, -0.15) is 0 Å². The lowest BCUT2D eigenvalue weighted by molar-refractivity contribution is 1.04. The van der Waals surface area contributed by atoms with E-state index in [1.165, 1.54) is 0 Å². The monoisotopic (exact) mass is 499 g/mol. The van der Waals surface area contributed by atoms with E-state index in [2.05, 4.69) is 31.9 Å². The molecule has 5 heteroatoms. The van der Waals surface area contributed by atoms with E-state index in [9.17, 15) is 0 Å². The van der Waals surface area contributed by atoms with Crippen LogP contribution in [0.15, 0.2) is 75.7 Å². The molecule has 2 aromatic carbocycles. The molecule has 0 N–H and O–H groups in total. The van der Waals surface area contributed by atoms with Crippen molar-refractivity contribution in [3.05, 3.63) is 81.5 Å². The summed E-state index contributed by atoms with van der Waals surface area (Å²) in [6.07, 6.45) is 5.99. The quantitative estimate of drug-likeness (QED) is 0.344. The molecule has 0 aliphatic rings.